The van der Waals surface area contributed by atoms with Crippen LogP contribution >= 0.6 is 0 Å². The van der Waals surface area contributed by atoms with Crippen LogP contribution < -0.4 is 10.6 Å². The van der Waals surface area contributed by atoms with E-state index in [1.54, 1.807) is 4.90 Å². The van der Waals surface area contributed by atoms with E-state index < -0.39 is 5.97 Å². The van der Waals surface area contributed by atoms with E-state index in [1.165, 1.54) is 5.56 Å². The number of carboxylic acid groups (broad SMARTS) is 1. The highest BCUT2D eigenvalue weighted by Gasteiger charge is 2.20. The predicted octanol–water partition coefficient (Wildman–Crippen LogP) is 0.735. The third-order valence-electron chi connectivity index (χ3n) is 3.71. The molecule has 0 aliphatic carbocycles. The Kier molecular flexibility index (Phi) is 5.96. The molecule has 0 bridgehead atoms. The molecule has 1 heterocycles. The zero-order chi connectivity index (χ0) is 16.7. The number of nitrogens with one attached hydrogen (secondary N) is 2. The van der Waals surface area contributed by atoms with Crippen LogP contribution in [0.1, 0.15) is 24.0 Å². The fourth-order valence-corrected chi connectivity index (χ4v) is 2.47. The van der Waals surface area contributed by atoms with Gasteiger partial charge in [-0.25, -0.2) is 4.79 Å². The maximum absolute atomic E-state index is 12.1. The number of fused-ring (bicyclic) bond motifs is 1. The minimum absolute atomic E-state index is 0.0137. The van der Waals surface area contributed by atoms with Crippen LogP contribution in [0.5, 0.6) is 0 Å². The Balaban J connectivity index is 1.69. The van der Waals surface area contributed by atoms with Crippen LogP contribution in [-0.4, -0.2) is 47.5 Å². The second-order valence-corrected chi connectivity index (χ2v) is 5.45. The number of benzene rings is 1. The molecular weight excluding hydrogens is 298 g/mol. The molecule has 23 heavy (non-hydrogen) atoms. The molecular formula is C16H21N3O4. The van der Waals surface area contributed by atoms with E-state index in [0.717, 1.165) is 12.0 Å². The first-order valence-corrected chi connectivity index (χ1v) is 7.64. The van der Waals surface area contributed by atoms with E-state index >= 15 is 0 Å². The highest BCUT2D eigenvalue weighted by molar-refractivity contribution is 5.84. The molecule has 0 fully saturated rings. The Morgan fingerprint density at radius 3 is 2.61 bits per heavy atom. The van der Waals surface area contributed by atoms with Crippen LogP contribution in [0.2, 0.25) is 0 Å². The molecule has 124 valence electrons. The van der Waals surface area contributed by atoms with Crippen molar-refractivity contribution in [3.05, 3.63) is 35.4 Å². The topological polar surface area (TPSA) is 98.7 Å². The number of hydrogen-bond donors (Lipinski definition) is 3. The molecule has 1 aliphatic rings. The molecule has 1 aromatic carbocycles. The summed E-state index contributed by atoms with van der Waals surface area (Å²) in [5.74, 6) is -1.21. The van der Waals surface area contributed by atoms with Gasteiger partial charge in [0.05, 0.1) is 6.54 Å². The van der Waals surface area contributed by atoms with Gasteiger partial charge in [0.15, 0.2) is 0 Å². The second-order valence-electron chi connectivity index (χ2n) is 5.45. The Morgan fingerprint density at radius 1 is 1.13 bits per heavy atom. The quantitative estimate of drug-likeness (QED) is 0.673. The Morgan fingerprint density at radius 2 is 1.87 bits per heavy atom. The predicted molar refractivity (Wildman–Crippen MR) is 83.8 cm³/mol. The molecule has 0 radical (unpaired) electrons. The normalized spacial score (nSPS) is 13.1. The van der Waals surface area contributed by atoms with Gasteiger partial charge in [-0.15, -0.1) is 0 Å². The number of urea groups is 1. The van der Waals surface area contributed by atoms with Crippen molar-refractivity contribution in [2.75, 3.05) is 19.6 Å². The van der Waals surface area contributed by atoms with Gasteiger partial charge in [0.2, 0.25) is 5.91 Å². The van der Waals surface area contributed by atoms with E-state index in [2.05, 4.69) is 16.7 Å². The van der Waals surface area contributed by atoms with Gasteiger partial charge in [-0.1, -0.05) is 24.3 Å². The standard InChI is InChI=1S/C16H21N3O4/c20-14(17-8-3-6-15(21)22)10-18-16(23)19-9-7-12-4-1-2-5-13(12)11-19/h1-2,4-5H,3,6-11H2,(H,17,20)(H,18,23)(H,21,22). The smallest absolute Gasteiger partial charge is 0.318 e. The number of carboxylic acids is 1. The number of hydrogen-bond acceptors (Lipinski definition) is 3. The van der Waals surface area contributed by atoms with Crippen LogP contribution in [0, 0.1) is 0 Å². The summed E-state index contributed by atoms with van der Waals surface area (Å²) in [5, 5.41) is 13.7. The van der Waals surface area contributed by atoms with Crippen molar-refractivity contribution in [3.63, 3.8) is 0 Å². The molecule has 3 amide bonds. The van der Waals surface area contributed by atoms with Crippen LogP contribution in [0.15, 0.2) is 24.3 Å². The summed E-state index contributed by atoms with van der Waals surface area (Å²) in [6.45, 7) is 1.35. The van der Waals surface area contributed by atoms with Gasteiger partial charge in [-0.2, -0.15) is 0 Å². The van der Waals surface area contributed by atoms with E-state index in [9.17, 15) is 14.4 Å². The zero-order valence-corrected chi connectivity index (χ0v) is 12.9. The summed E-state index contributed by atoms with van der Waals surface area (Å²) in [5.41, 5.74) is 2.39. The summed E-state index contributed by atoms with van der Waals surface area (Å²) in [4.78, 5) is 35.7. The van der Waals surface area contributed by atoms with E-state index in [1.807, 2.05) is 18.2 Å². The van der Waals surface area contributed by atoms with Crippen molar-refractivity contribution < 1.29 is 19.5 Å². The number of carbonyl (C=O) groups is 3. The van der Waals surface area contributed by atoms with Crippen molar-refractivity contribution in [2.45, 2.75) is 25.8 Å². The molecule has 1 aliphatic heterocycles. The SMILES string of the molecule is O=C(O)CCCNC(=O)CNC(=O)N1CCc2ccccc2C1. The van der Waals surface area contributed by atoms with Gasteiger partial charge in [-0.05, 0) is 24.0 Å². The average molecular weight is 319 g/mol. The highest BCUT2D eigenvalue weighted by atomic mass is 16.4. The number of carbonyl (C=O) groups excluding carboxylic acids is 2. The van der Waals surface area contributed by atoms with Crippen molar-refractivity contribution in [3.8, 4) is 0 Å². The Hall–Kier alpha value is -2.57. The molecule has 0 saturated heterocycles. The molecule has 3 N–H and O–H groups in total. The highest BCUT2D eigenvalue weighted by Crippen LogP contribution is 2.18. The molecule has 0 saturated carbocycles. The van der Waals surface area contributed by atoms with Crippen molar-refractivity contribution in [2.24, 2.45) is 0 Å². The monoisotopic (exact) mass is 319 g/mol. The summed E-state index contributed by atoms with van der Waals surface area (Å²) in [7, 11) is 0. The lowest BCUT2D eigenvalue weighted by molar-refractivity contribution is -0.137. The maximum Gasteiger partial charge on any atom is 0.318 e. The molecule has 7 nitrogen and oxygen atoms in total. The third-order valence-corrected chi connectivity index (χ3v) is 3.71. The number of rotatable bonds is 6. The van der Waals surface area contributed by atoms with E-state index in [4.69, 9.17) is 5.11 Å². The lowest BCUT2D eigenvalue weighted by Gasteiger charge is -2.28. The minimum atomic E-state index is -0.891. The van der Waals surface area contributed by atoms with Crippen molar-refractivity contribution in [1.82, 2.24) is 15.5 Å². The van der Waals surface area contributed by atoms with E-state index in [-0.39, 0.29) is 31.4 Å². The zero-order valence-electron chi connectivity index (χ0n) is 12.9. The number of aliphatic carboxylic acids is 1. The van der Waals surface area contributed by atoms with Crippen molar-refractivity contribution >= 4 is 17.9 Å². The first-order valence-electron chi connectivity index (χ1n) is 7.64. The summed E-state index contributed by atoms with van der Waals surface area (Å²) in [6.07, 6.45) is 1.20. The molecule has 0 atom stereocenters. The van der Waals surface area contributed by atoms with Gasteiger partial charge in [0, 0.05) is 26.1 Å². The van der Waals surface area contributed by atoms with Crippen molar-refractivity contribution in [1.29, 1.82) is 0 Å². The van der Waals surface area contributed by atoms with Gasteiger partial charge >= 0.3 is 12.0 Å². The van der Waals surface area contributed by atoms with E-state index in [0.29, 0.717) is 19.5 Å². The molecule has 2 rings (SSSR count). The van der Waals surface area contributed by atoms with Crippen LogP contribution in [0.4, 0.5) is 4.79 Å². The molecule has 1 aromatic rings. The number of nitrogens with zero attached hydrogens (tertiary/aromatic N) is 1. The van der Waals surface area contributed by atoms with Gasteiger partial charge in [-0.3, -0.25) is 9.59 Å². The lowest BCUT2D eigenvalue weighted by atomic mass is 10.0. The Bertz CT molecular complexity index is 588. The summed E-state index contributed by atoms with van der Waals surface area (Å²) < 4.78 is 0. The average Bonchev–Trinajstić information content (AvgIpc) is 2.56. The molecule has 7 heteroatoms. The Labute approximate surface area is 134 Å². The first kappa shape index (κ1) is 16.8. The fourth-order valence-electron chi connectivity index (χ4n) is 2.47. The van der Waals surface area contributed by atoms with Crippen LogP contribution in [-0.2, 0) is 22.6 Å². The first-order chi connectivity index (χ1) is 11.1. The second kappa shape index (κ2) is 8.17. The molecule has 0 aromatic heterocycles. The molecule has 0 spiro atoms. The largest absolute Gasteiger partial charge is 0.481 e. The minimum Gasteiger partial charge on any atom is -0.481 e. The van der Waals surface area contributed by atoms with Crippen LogP contribution in [0.25, 0.3) is 0 Å². The molecule has 0 unspecified atom stereocenters. The van der Waals surface area contributed by atoms with Gasteiger partial charge in [0.1, 0.15) is 0 Å². The van der Waals surface area contributed by atoms with Gasteiger partial charge in [0.25, 0.3) is 0 Å². The number of amides is 3. The third kappa shape index (κ3) is 5.28. The van der Waals surface area contributed by atoms with Crippen LogP contribution in [0.3, 0.4) is 0 Å². The lowest BCUT2D eigenvalue weighted by Crippen LogP contribution is -2.46. The maximum atomic E-state index is 12.1. The summed E-state index contributed by atoms with van der Waals surface area (Å²) in [6, 6.07) is 7.74. The fraction of sp³-hybridized carbons (Fsp3) is 0.438. The summed E-state index contributed by atoms with van der Waals surface area (Å²) >= 11 is 0. The van der Waals surface area contributed by atoms with Gasteiger partial charge < -0.3 is 20.6 Å².